The molecule has 0 bridgehead atoms. The lowest BCUT2D eigenvalue weighted by Gasteiger charge is -2.40. The molecule has 0 amide bonds. The standard InChI is InChI=1S/C54H45N3/c1-3-15-36(16-4-1)37-17-13-20-41(33-37)55-48-25-10-8-22-43(48)46-34-38(29-31-51(46)55)39-30-32-52-47(35-39)44-23-9-12-27-50(44)57(52)53-28-14-24-45-42-21-7-11-26-49(42)56(54(45)53)40-18-5-2-6-19-40/h3,5,7-12,14-19,21-27,29-35,45,53-54H,1-2,4,6,13,20,28H2. The Labute approximate surface area is 334 Å². The van der Waals surface area contributed by atoms with Gasteiger partial charge in [0.1, 0.15) is 0 Å². The molecular formula is C54H45N3. The van der Waals surface area contributed by atoms with Crippen molar-refractivity contribution in [2.75, 3.05) is 4.90 Å². The van der Waals surface area contributed by atoms with Gasteiger partial charge in [-0.2, -0.15) is 0 Å². The van der Waals surface area contributed by atoms with Crippen LogP contribution in [0.2, 0.25) is 0 Å². The molecule has 0 radical (unpaired) electrons. The van der Waals surface area contributed by atoms with Crippen LogP contribution >= 0.6 is 0 Å². The van der Waals surface area contributed by atoms with Crippen molar-refractivity contribution < 1.29 is 0 Å². The van der Waals surface area contributed by atoms with Crippen LogP contribution in [0.3, 0.4) is 0 Å². The van der Waals surface area contributed by atoms with Crippen molar-refractivity contribution >= 4 is 55.0 Å². The molecule has 0 saturated carbocycles. The number of nitrogens with zero attached hydrogens (tertiary/aromatic N) is 3. The predicted octanol–water partition coefficient (Wildman–Crippen LogP) is 14.1. The summed E-state index contributed by atoms with van der Waals surface area (Å²) in [5.41, 5.74) is 16.0. The second-order valence-corrected chi connectivity index (χ2v) is 16.5. The molecule has 2 aromatic heterocycles. The van der Waals surface area contributed by atoms with Crippen LogP contribution in [0.5, 0.6) is 0 Å². The van der Waals surface area contributed by atoms with E-state index >= 15 is 0 Å². The van der Waals surface area contributed by atoms with Crippen LogP contribution in [0.15, 0.2) is 187 Å². The summed E-state index contributed by atoms with van der Waals surface area (Å²) < 4.78 is 5.22. The molecule has 276 valence electrons. The lowest BCUT2D eigenvalue weighted by atomic mass is 9.83. The van der Waals surface area contributed by atoms with Gasteiger partial charge in [-0.1, -0.05) is 115 Å². The van der Waals surface area contributed by atoms with Gasteiger partial charge in [0.15, 0.2) is 0 Å². The minimum absolute atomic E-state index is 0.272. The van der Waals surface area contributed by atoms with E-state index in [0.29, 0.717) is 12.0 Å². The van der Waals surface area contributed by atoms with E-state index in [2.05, 4.69) is 184 Å². The Balaban J connectivity index is 0.981. The first kappa shape index (κ1) is 32.9. The highest BCUT2D eigenvalue weighted by molar-refractivity contribution is 6.12. The Morgan fingerprint density at radius 1 is 0.526 bits per heavy atom. The molecular weight excluding hydrogens is 691 g/mol. The maximum Gasteiger partial charge on any atom is 0.0656 e. The number of allylic oxidation sites excluding steroid dienone is 12. The molecule has 3 heteroatoms. The normalized spacial score (nSPS) is 21.5. The minimum Gasteiger partial charge on any atom is -0.335 e. The monoisotopic (exact) mass is 735 g/mol. The molecule has 0 saturated heterocycles. The molecule has 3 unspecified atom stereocenters. The van der Waals surface area contributed by atoms with Gasteiger partial charge in [-0.25, -0.2) is 0 Å². The van der Waals surface area contributed by atoms with E-state index in [1.807, 2.05) is 0 Å². The highest BCUT2D eigenvalue weighted by Gasteiger charge is 2.45. The van der Waals surface area contributed by atoms with Gasteiger partial charge < -0.3 is 14.0 Å². The van der Waals surface area contributed by atoms with Crippen molar-refractivity contribution in [3.05, 3.63) is 192 Å². The Bertz CT molecular complexity index is 3020. The van der Waals surface area contributed by atoms with Crippen LogP contribution < -0.4 is 4.90 Å². The molecule has 3 atom stereocenters. The molecule has 0 fully saturated rings. The van der Waals surface area contributed by atoms with Crippen LogP contribution in [-0.2, 0) is 0 Å². The molecule has 3 heterocycles. The van der Waals surface area contributed by atoms with Crippen molar-refractivity contribution in [3.8, 4) is 11.1 Å². The highest BCUT2D eigenvalue weighted by atomic mass is 15.2. The molecule has 1 aliphatic heterocycles. The van der Waals surface area contributed by atoms with E-state index in [9.17, 15) is 0 Å². The fraction of sp³-hybridized carbons (Fsp3) is 0.185. The van der Waals surface area contributed by atoms with Gasteiger partial charge in [0, 0.05) is 55.6 Å². The topological polar surface area (TPSA) is 13.1 Å². The first-order valence-electron chi connectivity index (χ1n) is 21.1. The zero-order valence-electron chi connectivity index (χ0n) is 32.2. The Morgan fingerprint density at radius 2 is 1.19 bits per heavy atom. The third-order valence-corrected chi connectivity index (χ3v) is 13.3. The predicted molar refractivity (Wildman–Crippen MR) is 241 cm³/mol. The smallest absolute Gasteiger partial charge is 0.0656 e. The quantitative estimate of drug-likeness (QED) is 0.160. The summed E-state index contributed by atoms with van der Waals surface area (Å²) >= 11 is 0. The number of para-hydroxylation sites is 3. The third-order valence-electron chi connectivity index (χ3n) is 13.3. The highest BCUT2D eigenvalue weighted by Crippen LogP contribution is 2.52. The van der Waals surface area contributed by atoms with Gasteiger partial charge in [0.2, 0.25) is 0 Å². The summed E-state index contributed by atoms with van der Waals surface area (Å²) in [4.78, 5) is 2.68. The molecule has 5 aromatic carbocycles. The van der Waals surface area contributed by atoms with Gasteiger partial charge in [0.05, 0.1) is 23.1 Å². The summed E-state index contributed by atoms with van der Waals surface area (Å²) in [6, 6.07) is 42.2. The van der Waals surface area contributed by atoms with E-state index in [4.69, 9.17) is 0 Å². The van der Waals surface area contributed by atoms with E-state index in [1.54, 1.807) is 0 Å². The zero-order valence-corrected chi connectivity index (χ0v) is 32.2. The molecule has 57 heavy (non-hydrogen) atoms. The average Bonchev–Trinajstić information content (AvgIpc) is 3.92. The summed E-state index contributed by atoms with van der Waals surface area (Å²) in [6.45, 7) is 0. The van der Waals surface area contributed by atoms with Crippen molar-refractivity contribution in [2.45, 2.75) is 62.9 Å². The summed E-state index contributed by atoms with van der Waals surface area (Å²) in [5.74, 6) is 0.341. The van der Waals surface area contributed by atoms with Crippen LogP contribution in [0.4, 0.5) is 5.69 Å². The van der Waals surface area contributed by atoms with Crippen LogP contribution in [-0.4, -0.2) is 15.2 Å². The molecule has 0 spiro atoms. The van der Waals surface area contributed by atoms with Crippen molar-refractivity contribution in [2.24, 2.45) is 0 Å². The minimum atomic E-state index is 0.272. The summed E-state index contributed by atoms with van der Waals surface area (Å²) in [5, 5.41) is 5.28. The third kappa shape index (κ3) is 5.11. The van der Waals surface area contributed by atoms with E-state index in [1.165, 1.54) is 88.5 Å². The molecule has 5 aliphatic rings. The van der Waals surface area contributed by atoms with Gasteiger partial charge in [-0.15, -0.1) is 0 Å². The van der Waals surface area contributed by atoms with Crippen LogP contribution in [0, 0.1) is 0 Å². The van der Waals surface area contributed by atoms with E-state index in [-0.39, 0.29) is 6.04 Å². The van der Waals surface area contributed by atoms with Crippen molar-refractivity contribution in [1.82, 2.24) is 9.13 Å². The zero-order chi connectivity index (χ0) is 37.5. The van der Waals surface area contributed by atoms with Crippen molar-refractivity contribution in [1.29, 1.82) is 0 Å². The molecule has 4 aliphatic carbocycles. The number of rotatable bonds is 5. The second kappa shape index (κ2) is 13.1. The number of aromatic nitrogens is 2. The number of anilines is 1. The Morgan fingerprint density at radius 3 is 2.00 bits per heavy atom. The van der Waals surface area contributed by atoms with Gasteiger partial charge >= 0.3 is 0 Å². The lowest BCUT2D eigenvalue weighted by Crippen LogP contribution is -2.41. The number of hydrogen-bond acceptors (Lipinski definition) is 1. The molecule has 7 aromatic rings. The van der Waals surface area contributed by atoms with Gasteiger partial charge in [-0.05, 0) is 127 Å². The number of fused-ring (bicyclic) bond motifs is 9. The van der Waals surface area contributed by atoms with E-state index in [0.717, 1.165) is 44.9 Å². The Hall–Kier alpha value is -6.32. The molecule has 3 nitrogen and oxygen atoms in total. The summed E-state index contributed by atoms with van der Waals surface area (Å²) in [7, 11) is 0. The lowest BCUT2D eigenvalue weighted by molar-refractivity contribution is 0.395. The van der Waals surface area contributed by atoms with Crippen LogP contribution in [0.1, 0.15) is 62.5 Å². The first-order valence-corrected chi connectivity index (χ1v) is 21.1. The largest absolute Gasteiger partial charge is 0.335 e. The van der Waals surface area contributed by atoms with Gasteiger partial charge in [0.25, 0.3) is 0 Å². The average molecular weight is 736 g/mol. The molecule has 0 N–H and O–H groups in total. The van der Waals surface area contributed by atoms with Crippen molar-refractivity contribution in [3.63, 3.8) is 0 Å². The first-order chi connectivity index (χ1) is 28.3. The van der Waals surface area contributed by atoms with Crippen LogP contribution in [0.25, 0.3) is 60.4 Å². The fourth-order valence-corrected chi connectivity index (χ4v) is 10.9. The maximum absolute atomic E-state index is 2.69. The van der Waals surface area contributed by atoms with E-state index < -0.39 is 0 Å². The number of hydrogen-bond donors (Lipinski definition) is 0. The fourth-order valence-electron chi connectivity index (χ4n) is 10.9. The Kier molecular flexibility index (Phi) is 7.58. The second-order valence-electron chi connectivity index (χ2n) is 16.5. The van der Waals surface area contributed by atoms with Gasteiger partial charge in [-0.3, -0.25) is 0 Å². The maximum atomic E-state index is 2.69. The molecule has 12 rings (SSSR count). The summed E-state index contributed by atoms with van der Waals surface area (Å²) in [6.07, 6.45) is 31.5. The SMILES string of the molecule is C1=CC(C2=CCCC(n3c4ccccc4c4cc(-c5ccc6c(c5)c5ccccc5n6C5CC=CC6c7ccccc7N(C7=CCCC=C7)C65)ccc43)=C2)=CCC1. The number of benzene rings is 5.